The number of benzene rings is 2. The van der Waals surface area contributed by atoms with Gasteiger partial charge in [0.25, 0.3) is 0 Å². The van der Waals surface area contributed by atoms with E-state index in [0.717, 1.165) is 38.4 Å². The minimum Gasteiger partial charge on any atom is -0.454 e. The molecule has 21 heavy (non-hydrogen) atoms. The van der Waals surface area contributed by atoms with Crippen molar-refractivity contribution in [1.29, 1.82) is 0 Å². The van der Waals surface area contributed by atoms with Crippen LogP contribution in [0.2, 0.25) is 0 Å². The minimum atomic E-state index is 0.266. The molecule has 0 atom stereocenters. The standard InChI is InChI=1S/C15H10BrN3O2/c16-11-3-1-2-10-14(11)17-7-18-15(10)19-9-4-5-12-13(6-9)21-8-20-12/h1-7H,8H2,(H,17,18,19). The van der Waals surface area contributed by atoms with Gasteiger partial charge in [-0.25, -0.2) is 9.97 Å². The molecule has 0 amide bonds. The first-order valence-electron chi connectivity index (χ1n) is 6.37. The molecule has 0 spiro atoms. The summed E-state index contributed by atoms with van der Waals surface area (Å²) in [6.45, 7) is 0.266. The number of hydrogen-bond acceptors (Lipinski definition) is 5. The van der Waals surface area contributed by atoms with Gasteiger partial charge in [0.2, 0.25) is 6.79 Å². The van der Waals surface area contributed by atoms with Crippen LogP contribution in [0.1, 0.15) is 0 Å². The summed E-state index contributed by atoms with van der Waals surface area (Å²) in [5, 5.41) is 4.24. The van der Waals surface area contributed by atoms with Crippen molar-refractivity contribution in [3.05, 3.63) is 47.2 Å². The highest BCUT2D eigenvalue weighted by Gasteiger charge is 2.14. The second-order valence-corrected chi connectivity index (χ2v) is 5.41. The van der Waals surface area contributed by atoms with Crippen LogP contribution < -0.4 is 14.8 Å². The Bertz CT molecular complexity index is 838. The Morgan fingerprint density at radius 2 is 1.95 bits per heavy atom. The lowest BCUT2D eigenvalue weighted by atomic mass is 10.2. The first-order chi connectivity index (χ1) is 10.3. The Balaban J connectivity index is 1.76. The fraction of sp³-hybridized carbons (Fsp3) is 0.0667. The lowest BCUT2D eigenvalue weighted by Gasteiger charge is -2.09. The van der Waals surface area contributed by atoms with Crippen LogP contribution in [0, 0.1) is 0 Å². The maximum absolute atomic E-state index is 5.38. The van der Waals surface area contributed by atoms with E-state index >= 15 is 0 Å². The van der Waals surface area contributed by atoms with Gasteiger partial charge < -0.3 is 14.8 Å². The second-order valence-electron chi connectivity index (χ2n) is 4.55. The number of nitrogens with one attached hydrogen (secondary N) is 1. The fourth-order valence-corrected chi connectivity index (χ4v) is 2.73. The van der Waals surface area contributed by atoms with Gasteiger partial charge in [0.05, 0.1) is 5.52 Å². The number of halogens is 1. The summed E-state index contributed by atoms with van der Waals surface area (Å²) in [6.07, 6.45) is 1.54. The zero-order chi connectivity index (χ0) is 14.2. The number of ether oxygens (including phenoxy) is 2. The summed E-state index contributed by atoms with van der Waals surface area (Å²) < 4.78 is 11.6. The molecule has 0 unspecified atom stereocenters. The highest BCUT2D eigenvalue weighted by molar-refractivity contribution is 9.10. The molecule has 1 aliphatic heterocycles. The quantitative estimate of drug-likeness (QED) is 0.765. The van der Waals surface area contributed by atoms with Gasteiger partial charge in [-0.3, -0.25) is 0 Å². The van der Waals surface area contributed by atoms with Crippen molar-refractivity contribution in [3.8, 4) is 11.5 Å². The first-order valence-corrected chi connectivity index (χ1v) is 7.16. The van der Waals surface area contributed by atoms with E-state index in [9.17, 15) is 0 Å². The molecular weight excluding hydrogens is 334 g/mol. The Kier molecular flexibility index (Phi) is 2.89. The van der Waals surface area contributed by atoms with E-state index in [1.54, 1.807) is 6.33 Å². The van der Waals surface area contributed by atoms with Gasteiger partial charge in [-0.1, -0.05) is 6.07 Å². The highest BCUT2D eigenvalue weighted by atomic mass is 79.9. The van der Waals surface area contributed by atoms with Crippen LogP contribution in [-0.2, 0) is 0 Å². The SMILES string of the molecule is Brc1cccc2c(Nc3ccc4c(c3)OCO4)ncnc12. The minimum absolute atomic E-state index is 0.266. The van der Waals surface area contributed by atoms with Gasteiger partial charge in [0.1, 0.15) is 12.1 Å². The van der Waals surface area contributed by atoms with E-state index in [-0.39, 0.29) is 6.79 Å². The topological polar surface area (TPSA) is 56.3 Å². The van der Waals surface area contributed by atoms with E-state index in [1.807, 2.05) is 36.4 Å². The normalized spacial score (nSPS) is 12.6. The predicted octanol–water partition coefficient (Wildman–Crippen LogP) is 3.86. The lowest BCUT2D eigenvalue weighted by Crippen LogP contribution is -1.96. The van der Waals surface area contributed by atoms with Crippen molar-refractivity contribution >= 4 is 38.3 Å². The summed E-state index contributed by atoms with van der Waals surface area (Å²) in [5.74, 6) is 2.25. The van der Waals surface area contributed by atoms with Gasteiger partial charge in [0, 0.05) is 21.6 Å². The fourth-order valence-electron chi connectivity index (χ4n) is 2.26. The van der Waals surface area contributed by atoms with Gasteiger partial charge in [0.15, 0.2) is 11.5 Å². The van der Waals surface area contributed by atoms with Gasteiger partial charge in [-0.05, 0) is 40.2 Å². The third-order valence-corrected chi connectivity index (χ3v) is 3.89. The van der Waals surface area contributed by atoms with Crippen LogP contribution in [0.5, 0.6) is 11.5 Å². The monoisotopic (exact) mass is 343 g/mol. The molecule has 1 N–H and O–H groups in total. The van der Waals surface area contributed by atoms with Crippen molar-refractivity contribution in [1.82, 2.24) is 9.97 Å². The van der Waals surface area contributed by atoms with E-state index in [0.29, 0.717) is 0 Å². The average molecular weight is 344 g/mol. The number of fused-ring (bicyclic) bond motifs is 2. The number of anilines is 2. The van der Waals surface area contributed by atoms with Crippen LogP contribution in [0.4, 0.5) is 11.5 Å². The van der Waals surface area contributed by atoms with Crippen molar-refractivity contribution in [3.63, 3.8) is 0 Å². The number of nitrogens with zero attached hydrogens (tertiary/aromatic N) is 2. The van der Waals surface area contributed by atoms with Gasteiger partial charge in [-0.2, -0.15) is 0 Å². The molecule has 6 heteroatoms. The largest absolute Gasteiger partial charge is 0.454 e. The molecule has 0 saturated carbocycles. The number of para-hydroxylation sites is 1. The summed E-state index contributed by atoms with van der Waals surface area (Å²) in [7, 11) is 0. The molecule has 0 saturated heterocycles. The van der Waals surface area contributed by atoms with E-state index < -0.39 is 0 Å². The molecule has 104 valence electrons. The number of rotatable bonds is 2. The van der Waals surface area contributed by atoms with Crippen molar-refractivity contribution in [2.45, 2.75) is 0 Å². The van der Waals surface area contributed by atoms with Crippen LogP contribution in [0.15, 0.2) is 47.2 Å². The van der Waals surface area contributed by atoms with Crippen LogP contribution in [0.25, 0.3) is 10.9 Å². The first kappa shape index (κ1) is 12.4. The molecule has 5 nitrogen and oxygen atoms in total. The van der Waals surface area contributed by atoms with Gasteiger partial charge in [-0.15, -0.1) is 0 Å². The molecular formula is C15H10BrN3O2. The van der Waals surface area contributed by atoms with Gasteiger partial charge >= 0.3 is 0 Å². The van der Waals surface area contributed by atoms with E-state index in [4.69, 9.17) is 9.47 Å². The van der Waals surface area contributed by atoms with E-state index in [1.165, 1.54) is 0 Å². The van der Waals surface area contributed by atoms with Crippen molar-refractivity contribution in [2.24, 2.45) is 0 Å². The Labute approximate surface area is 129 Å². The zero-order valence-corrected chi connectivity index (χ0v) is 12.4. The Morgan fingerprint density at radius 1 is 1.05 bits per heavy atom. The van der Waals surface area contributed by atoms with Crippen molar-refractivity contribution in [2.75, 3.05) is 12.1 Å². The van der Waals surface area contributed by atoms with Crippen LogP contribution in [0.3, 0.4) is 0 Å². The molecule has 0 radical (unpaired) electrons. The number of aromatic nitrogens is 2. The second kappa shape index (κ2) is 4.89. The maximum Gasteiger partial charge on any atom is 0.231 e. The maximum atomic E-state index is 5.38. The molecule has 0 fully saturated rings. The van der Waals surface area contributed by atoms with E-state index in [2.05, 4.69) is 31.2 Å². The van der Waals surface area contributed by atoms with Crippen molar-refractivity contribution < 1.29 is 9.47 Å². The van der Waals surface area contributed by atoms with Crippen LogP contribution in [-0.4, -0.2) is 16.8 Å². The molecule has 1 aliphatic rings. The number of hydrogen-bond donors (Lipinski definition) is 1. The Morgan fingerprint density at radius 3 is 2.90 bits per heavy atom. The molecule has 3 aromatic rings. The summed E-state index contributed by atoms with van der Waals surface area (Å²) in [4.78, 5) is 8.62. The summed E-state index contributed by atoms with van der Waals surface area (Å²) in [5.41, 5.74) is 1.76. The van der Waals surface area contributed by atoms with Crippen LogP contribution >= 0.6 is 15.9 Å². The zero-order valence-electron chi connectivity index (χ0n) is 10.8. The molecule has 2 aromatic carbocycles. The predicted molar refractivity (Wildman–Crippen MR) is 83.1 cm³/mol. The third-order valence-electron chi connectivity index (χ3n) is 3.25. The summed E-state index contributed by atoms with van der Waals surface area (Å²) >= 11 is 3.50. The molecule has 0 aliphatic carbocycles. The Hall–Kier alpha value is -2.34. The summed E-state index contributed by atoms with van der Waals surface area (Å²) in [6, 6.07) is 11.6. The smallest absolute Gasteiger partial charge is 0.231 e. The molecule has 2 heterocycles. The molecule has 1 aromatic heterocycles. The lowest BCUT2D eigenvalue weighted by molar-refractivity contribution is 0.174. The molecule has 0 bridgehead atoms. The average Bonchev–Trinajstić information content (AvgIpc) is 2.96. The third kappa shape index (κ3) is 2.17. The highest BCUT2D eigenvalue weighted by Crippen LogP contribution is 2.35. The molecule has 4 rings (SSSR count).